The van der Waals surface area contributed by atoms with E-state index >= 15 is 0 Å². The van der Waals surface area contributed by atoms with Gasteiger partial charge in [-0.3, -0.25) is 4.79 Å². The lowest BCUT2D eigenvalue weighted by Gasteiger charge is -2.25. The van der Waals surface area contributed by atoms with E-state index in [-0.39, 0.29) is 28.3 Å². The third kappa shape index (κ3) is 4.29. The van der Waals surface area contributed by atoms with Crippen molar-refractivity contribution >= 4 is 28.5 Å². The maximum absolute atomic E-state index is 14.6. The summed E-state index contributed by atoms with van der Waals surface area (Å²) in [4.78, 5) is 25.1. The Kier molecular flexibility index (Phi) is 4.16. The minimum Gasteiger partial charge on any atom is -0.496 e. The van der Waals surface area contributed by atoms with E-state index < -0.39 is 65.9 Å². The fraction of sp³-hybridized carbons (Fsp3) is 0.304. The molecule has 31 heavy (non-hydrogen) atoms. The van der Waals surface area contributed by atoms with Crippen molar-refractivity contribution in [2.75, 3.05) is 13.7 Å². The maximum Gasteiger partial charge on any atom is 0.341 e. The number of ether oxygens (including phenoxy) is 1. The Morgan fingerprint density at radius 1 is 1.35 bits per heavy atom. The van der Waals surface area contributed by atoms with Gasteiger partial charge in [0.25, 0.3) is 0 Å². The molecular formula is C23H23ClFNO5. The molecule has 3 rings (SSSR count). The van der Waals surface area contributed by atoms with Gasteiger partial charge in [0.2, 0.25) is 5.43 Å². The molecule has 0 radical (unpaired) electrons. The largest absolute Gasteiger partial charge is 0.496 e. The van der Waals surface area contributed by atoms with Crippen molar-refractivity contribution in [3.63, 3.8) is 0 Å². The Morgan fingerprint density at radius 3 is 2.71 bits per heavy atom. The number of hydrogen-bond donors (Lipinski definition) is 2. The van der Waals surface area contributed by atoms with Crippen molar-refractivity contribution < 1.29 is 35.1 Å². The molecule has 1 aromatic heterocycles. The summed E-state index contributed by atoms with van der Waals surface area (Å²) in [7, 11) is 1.21. The van der Waals surface area contributed by atoms with E-state index in [4.69, 9.17) is 27.3 Å². The van der Waals surface area contributed by atoms with Crippen molar-refractivity contribution in [2.24, 2.45) is 5.89 Å². The number of carboxylic acids is 1. The highest BCUT2D eigenvalue weighted by molar-refractivity contribution is 6.30. The molecule has 0 saturated carbocycles. The number of benzene rings is 2. The summed E-state index contributed by atoms with van der Waals surface area (Å²) >= 11 is 5.85. The van der Waals surface area contributed by atoms with E-state index in [0.29, 0.717) is 10.8 Å². The molecule has 0 spiro atoms. The third-order valence-corrected chi connectivity index (χ3v) is 5.07. The van der Waals surface area contributed by atoms with E-state index in [1.807, 2.05) is 0 Å². The van der Waals surface area contributed by atoms with Crippen LogP contribution in [0.25, 0.3) is 10.9 Å². The molecule has 2 N–H and O–H groups in total. The van der Waals surface area contributed by atoms with Crippen LogP contribution in [0.15, 0.2) is 41.3 Å². The van der Waals surface area contributed by atoms with E-state index in [1.54, 1.807) is 0 Å². The third-order valence-electron chi connectivity index (χ3n) is 4.78. The Bertz CT molecular complexity index is 1490. The topological polar surface area (TPSA) is 88.8 Å². The fourth-order valence-electron chi connectivity index (χ4n) is 3.27. The molecule has 0 aliphatic carbocycles. The van der Waals surface area contributed by atoms with Gasteiger partial charge in [-0.25, -0.2) is 9.18 Å². The van der Waals surface area contributed by atoms with Gasteiger partial charge in [-0.2, -0.15) is 0 Å². The molecule has 164 valence electrons. The van der Waals surface area contributed by atoms with Crippen molar-refractivity contribution in [2.45, 2.75) is 26.1 Å². The van der Waals surface area contributed by atoms with Crippen LogP contribution in [0.1, 0.15) is 52.2 Å². The first-order valence-corrected chi connectivity index (χ1v) is 9.27. The number of aromatic carboxylic acids is 1. The maximum atomic E-state index is 14.6. The number of pyridine rings is 1. The number of carbonyl (C=O) groups is 1. The van der Waals surface area contributed by atoms with Crippen molar-refractivity contribution in [1.29, 1.82) is 0 Å². The molecule has 8 heteroatoms. The minimum atomic E-state index is -3.71. The van der Waals surface area contributed by atoms with Crippen LogP contribution in [0.5, 0.6) is 5.75 Å². The second kappa shape index (κ2) is 9.08. The monoisotopic (exact) mass is 455 g/mol. The lowest BCUT2D eigenvalue weighted by molar-refractivity contribution is 0.0694. The van der Waals surface area contributed by atoms with Crippen LogP contribution in [0.4, 0.5) is 4.39 Å². The van der Waals surface area contributed by atoms with Gasteiger partial charge >= 0.3 is 5.97 Å². The molecule has 0 amide bonds. The SMILES string of the molecule is [2H]C([2H])([2H])C([2H])(C([2H])([2H])[2H])[C@@]([2H])(CO)n1cc(C(=O)O)c(=O)c2cc(Cc3cccc(Cl)c3F)c(OC)cc21. The van der Waals surface area contributed by atoms with Gasteiger partial charge in [-0.15, -0.1) is 0 Å². The van der Waals surface area contributed by atoms with Gasteiger partial charge in [0.1, 0.15) is 17.1 Å². The molecule has 0 fully saturated rings. The molecule has 0 bridgehead atoms. The van der Waals surface area contributed by atoms with Crippen LogP contribution in [0.2, 0.25) is 5.02 Å². The minimum absolute atomic E-state index is 0.0308. The highest BCUT2D eigenvalue weighted by Gasteiger charge is 2.23. The van der Waals surface area contributed by atoms with Crippen molar-refractivity contribution in [3.8, 4) is 5.75 Å². The quantitative estimate of drug-likeness (QED) is 0.555. The molecule has 0 aliphatic heterocycles. The van der Waals surface area contributed by atoms with E-state index in [1.165, 1.54) is 25.3 Å². The van der Waals surface area contributed by atoms with Gasteiger partial charge in [0.15, 0.2) is 0 Å². The van der Waals surface area contributed by atoms with Crippen LogP contribution in [-0.4, -0.2) is 34.5 Å². The summed E-state index contributed by atoms with van der Waals surface area (Å²) in [6.07, 6.45) is 0.327. The number of hydrogen-bond acceptors (Lipinski definition) is 4. The normalized spacial score (nSPS) is 18.3. The number of nitrogens with zero attached hydrogens (tertiary/aromatic N) is 1. The van der Waals surface area contributed by atoms with E-state index in [9.17, 15) is 24.2 Å². The summed E-state index contributed by atoms with van der Waals surface area (Å²) in [5, 5.41) is 19.3. The van der Waals surface area contributed by atoms with Crippen molar-refractivity contribution in [1.82, 2.24) is 4.57 Å². The lowest BCUT2D eigenvalue weighted by Crippen LogP contribution is -2.25. The van der Waals surface area contributed by atoms with Crippen molar-refractivity contribution in [3.05, 3.63) is 74.3 Å². The first kappa shape index (κ1) is 14.2. The zero-order valence-electron chi connectivity index (χ0n) is 24.2. The highest BCUT2D eigenvalue weighted by Crippen LogP contribution is 2.31. The Morgan fingerprint density at radius 2 is 2.10 bits per heavy atom. The Labute approximate surface area is 194 Å². The summed E-state index contributed by atoms with van der Waals surface area (Å²) in [6, 6.07) is 3.18. The Balaban J connectivity index is 2.50. The number of carboxylic acid groups (broad SMARTS) is 1. The standard InChI is InChI=1S/C23H23ClFNO5/c1-12(2)19(11-27)26-10-16(23(29)30)22(28)15-8-14(20(31-3)9-18(15)26)7-13-5-4-6-17(24)21(13)25/h4-6,8-10,12,19,27H,7,11H2,1-3H3,(H,29,30)/t19-/m1/s1/i1D3,2D3,12D,19D. The number of fused-ring (bicyclic) bond motifs is 1. The molecule has 3 aromatic rings. The zero-order chi connectivity index (χ0) is 29.7. The van der Waals surface area contributed by atoms with Crippen LogP contribution < -0.4 is 10.2 Å². The summed E-state index contributed by atoms with van der Waals surface area (Å²) in [5.74, 6) is -6.29. The molecule has 0 aliphatic rings. The lowest BCUT2D eigenvalue weighted by atomic mass is 9.98. The molecule has 1 heterocycles. The Hall–Kier alpha value is -2.90. The average molecular weight is 456 g/mol. The predicted molar refractivity (Wildman–Crippen MR) is 117 cm³/mol. The first-order chi connectivity index (χ1) is 17.9. The number of aliphatic hydroxyl groups excluding tert-OH is 1. The van der Waals surface area contributed by atoms with Crippen LogP contribution in [0, 0.1) is 11.7 Å². The van der Waals surface area contributed by atoms with Crippen LogP contribution in [0.3, 0.4) is 0 Å². The second-order valence-electron chi connectivity index (χ2n) is 6.60. The zero-order valence-corrected chi connectivity index (χ0v) is 17.0. The highest BCUT2D eigenvalue weighted by atomic mass is 35.5. The number of halogens is 2. The first-order valence-electron chi connectivity index (χ1n) is 12.9. The van der Waals surface area contributed by atoms with Gasteiger partial charge in [0, 0.05) is 33.7 Å². The second-order valence-corrected chi connectivity index (χ2v) is 7.00. The smallest absolute Gasteiger partial charge is 0.341 e. The number of aromatic nitrogens is 1. The van der Waals surface area contributed by atoms with Gasteiger partial charge < -0.3 is 19.5 Å². The molecule has 0 saturated heterocycles. The number of methoxy groups -OCH3 is 1. The average Bonchev–Trinajstić information content (AvgIpc) is 2.84. The molecule has 0 unspecified atom stereocenters. The number of rotatable bonds is 7. The van der Waals surface area contributed by atoms with Gasteiger partial charge in [-0.1, -0.05) is 37.4 Å². The predicted octanol–water partition coefficient (Wildman–Crippen LogP) is 4.28. The molecular weight excluding hydrogens is 425 g/mol. The fourth-order valence-corrected chi connectivity index (χ4v) is 3.46. The summed E-state index contributed by atoms with van der Waals surface area (Å²) < 4.78 is 84.7. The van der Waals surface area contributed by atoms with Crippen LogP contribution >= 0.6 is 11.6 Å². The van der Waals surface area contributed by atoms with E-state index in [0.717, 1.165) is 12.1 Å². The van der Waals surface area contributed by atoms with Gasteiger partial charge in [0.05, 0.1) is 31.6 Å². The number of aliphatic hydroxyl groups is 1. The molecule has 2 aromatic carbocycles. The summed E-state index contributed by atoms with van der Waals surface area (Å²) in [5.41, 5.74) is -2.22. The molecule has 1 atom stereocenters. The molecule has 6 nitrogen and oxygen atoms in total. The van der Waals surface area contributed by atoms with Gasteiger partial charge in [-0.05, 0) is 29.2 Å². The van der Waals surface area contributed by atoms with Crippen LogP contribution in [-0.2, 0) is 6.42 Å². The summed E-state index contributed by atoms with van der Waals surface area (Å²) in [6.45, 7) is -8.96. The van der Waals surface area contributed by atoms with E-state index in [2.05, 4.69) is 0 Å².